The van der Waals surface area contributed by atoms with E-state index >= 15 is 0 Å². The Morgan fingerprint density at radius 2 is 2.00 bits per heavy atom. The Kier molecular flexibility index (Phi) is 7.58. The second-order valence-corrected chi connectivity index (χ2v) is 4.56. The van der Waals surface area contributed by atoms with E-state index in [1.807, 2.05) is 12.1 Å². The fraction of sp³-hybridized carbons (Fsp3) is 0.500. The zero-order valence-corrected chi connectivity index (χ0v) is 11.3. The molecule has 16 heavy (non-hydrogen) atoms. The maximum atomic E-state index is 5.63. The predicted molar refractivity (Wildman–Crippen MR) is 70.6 cm³/mol. The van der Waals surface area contributed by atoms with Gasteiger partial charge in [0.05, 0.1) is 13.2 Å². The summed E-state index contributed by atoms with van der Waals surface area (Å²) in [4.78, 5) is 0. The van der Waals surface area contributed by atoms with Gasteiger partial charge in [0.25, 0.3) is 0 Å². The van der Waals surface area contributed by atoms with E-state index < -0.39 is 0 Å². The summed E-state index contributed by atoms with van der Waals surface area (Å²) in [7, 11) is 0.0870. The molecule has 0 fully saturated rings. The third kappa shape index (κ3) is 6.32. The van der Waals surface area contributed by atoms with Gasteiger partial charge in [-0.25, -0.2) is 0 Å². The largest absolute Gasteiger partial charge is 0.494 e. The molecule has 0 aliphatic rings. The van der Waals surface area contributed by atoms with Crippen LogP contribution >= 0.6 is 19.4 Å². The lowest BCUT2D eigenvalue weighted by Gasteiger charge is -2.06. The summed E-state index contributed by atoms with van der Waals surface area (Å²) in [5.74, 6) is 0.957. The van der Waals surface area contributed by atoms with Gasteiger partial charge in [-0.05, 0) is 43.9 Å². The van der Waals surface area contributed by atoms with Crippen molar-refractivity contribution >= 4 is 19.4 Å². The van der Waals surface area contributed by atoms with Gasteiger partial charge in [0, 0.05) is 0 Å². The molecular formula is C12H18ClO2P. The lowest BCUT2D eigenvalue weighted by molar-refractivity contribution is 0.293. The minimum Gasteiger partial charge on any atom is -0.494 e. The molecular weight excluding hydrogens is 243 g/mol. The van der Waals surface area contributed by atoms with E-state index in [0.717, 1.165) is 38.2 Å². The number of rotatable bonds is 8. The summed E-state index contributed by atoms with van der Waals surface area (Å²) in [6.45, 7) is 3.59. The Hall–Kier alpha value is -0.300. The molecule has 90 valence electrons. The first-order chi connectivity index (χ1) is 7.83. The van der Waals surface area contributed by atoms with Crippen LogP contribution in [0.5, 0.6) is 5.75 Å². The van der Waals surface area contributed by atoms with Crippen molar-refractivity contribution in [1.29, 1.82) is 0 Å². The van der Waals surface area contributed by atoms with Crippen molar-refractivity contribution in [3.8, 4) is 5.75 Å². The monoisotopic (exact) mass is 260 g/mol. The van der Waals surface area contributed by atoms with E-state index in [4.69, 9.17) is 20.5 Å². The molecule has 0 heterocycles. The second kappa shape index (κ2) is 8.81. The maximum Gasteiger partial charge on any atom is 0.119 e. The van der Waals surface area contributed by atoms with Gasteiger partial charge in [0.2, 0.25) is 0 Å². The number of hydrogen-bond acceptors (Lipinski definition) is 2. The van der Waals surface area contributed by atoms with Gasteiger partial charge in [-0.15, -0.1) is 0 Å². The van der Waals surface area contributed by atoms with Gasteiger partial charge < -0.3 is 9.26 Å². The van der Waals surface area contributed by atoms with Crippen LogP contribution in [0.3, 0.4) is 0 Å². The van der Waals surface area contributed by atoms with Crippen LogP contribution in [-0.4, -0.2) is 13.2 Å². The standard InChI is InChI=1S/C12H18ClO2P/c1-11-6-5-7-12(10-11)14-8-3-2-4-9-15-16-13/h5-7,10,16H,2-4,8-9H2,1H3. The molecule has 2 nitrogen and oxygen atoms in total. The summed E-state index contributed by atoms with van der Waals surface area (Å²) in [5.41, 5.74) is 1.23. The van der Waals surface area contributed by atoms with Gasteiger partial charge in [-0.1, -0.05) is 23.4 Å². The second-order valence-electron chi connectivity index (χ2n) is 3.65. The SMILES string of the molecule is Cc1cccc(OCCCCCOPCl)c1. The van der Waals surface area contributed by atoms with E-state index in [9.17, 15) is 0 Å². The first-order valence-electron chi connectivity index (χ1n) is 5.50. The van der Waals surface area contributed by atoms with Crippen molar-refractivity contribution in [2.75, 3.05) is 13.2 Å². The van der Waals surface area contributed by atoms with E-state index in [2.05, 4.69) is 19.1 Å². The molecule has 1 aromatic carbocycles. The molecule has 0 amide bonds. The molecule has 1 aromatic rings. The van der Waals surface area contributed by atoms with Crippen LogP contribution in [0.15, 0.2) is 24.3 Å². The lowest BCUT2D eigenvalue weighted by atomic mass is 10.2. The average Bonchev–Trinajstić information content (AvgIpc) is 2.28. The van der Waals surface area contributed by atoms with Crippen molar-refractivity contribution in [2.45, 2.75) is 26.2 Å². The Labute approximate surface area is 104 Å². The Morgan fingerprint density at radius 1 is 1.19 bits per heavy atom. The number of halogens is 1. The molecule has 0 aliphatic carbocycles. The zero-order chi connectivity index (χ0) is 11.6. The van der Waals surface area contributed by atoms with Crippen molar-refractivity contribution < 1.29 is 9.26 Å². The van der Waals surface area contributed by atoms with Crippen LogP contribution in [0, 0.1) is 6.92 Å². The van der Waals surface area contributed by atoms with Gasteiger partial charge in [0.15, 0.2) is 0 Å². The molecule has 1 unspecified atom stereocenters. The molecule has 1 rings (SSSR count). The lowest BCUT2D eigenvalue weighted by Crippen LogP contribution is -1.98. The molecule has 0 spiro atoms. The van der Waals surface area contributed by atoms with E-state index in [1.165, 1.54) is 5.56 Å². The summed E-state index contributed by atoms with van der Waals surface area (Å²) < 4.78 is 10.7. The minimum absolute atomic E-state index is 0.0870. The van der Waals surface area contributed by atoms with Crippen molar-refractivity contribution in [3.05, 3.63) is 29.8 Å². The fourth-order valence-corrected chi connectivity index (χ4v) is 1.84. The highest BCUT2D eigenvalue weighted by Crippen LogP contribution is 2.17. The van der Waals surface area contributed by atoms with Crippen LogP contribution in [0.1, 0.15) is 24.8 Å². The topological polar surface area (TPSA) is 18.5 Å². The van der Waals surface area contributed by atoms with E-state index in [-0.39, 0.29) is 8.16 Å². The van der Waals surface area contributed by atoms with Crippen LogP contribution in [0.4, 0.5) is 0 Å². The molecule has 0 bridgehead atoms. The predicted octanol–water partition coefficient (Wildman–Crippen LogP) is 4.31. The minimum atomic E-state index is 0.0870. The normalized spacial score (nSPS) is 11.1. The van der Waals surface area contributed by atoms with E-state index in [0.29, 0.717) is 0 Å². The Bertz CT molecular complexity index is 294. The van der Waals surface area contributed by atoms with Crippen LogP contribution in [0.2, 0.25) is 0 Å². The Morgan fingerprint density at radius 3 is 2.75 bits per heavy atom. The number of benzene rings is 1. The highest BCUT2D eigenvalue weighted by atomic mass is 35.7. The average molecular weight is 261 g/mol. The third-order valence-electron chi connectivity index (χ3n) is 2.20. The summed E-state index contributed by atoms with van der Waals surface area (Å²) in [6, 6.07) is 8.12. The number of aryl methyl sites for hydroxylation is 1. The third-order valence-corrected chi connectivity index (χ3v) is 2.84. The maximum absolute atomic E-state index is 5.63. The number of ether oxygens (including phenoxy) is 1. The molecule has 4 heteroatoms. The van der Waals surface area contributed by atoms with Gasteiger partial charge in [-0.2, -0.15) is 0 Å². The van der Waals surface area contributed by atoms with Crippen LogP contribution in [0.25, 0.3) is 0 Å². The van der Waals surface area contributed by atoms with Crippen molar-refractivity contribution in [1.82, 2.24) is 0 Å². The van der Waals surface area contributed by atoms with E-state index in [1.54, 1.807) is 0 Å². The molecule has 0 aliphatic heterocycles. The first kappa shape index (κ1) is 13.8. The van der Waals surface area contributed by atoms with Crippen molar-refractivity contribution in [3.63, 3.8) is 0 Å². The molecule has 0 N–H and O–H groups in total. The first-order valence-corrected chi connectivity index (χ1v) is 7.42. The van der Waals surface area contributed by atoms with Gasteiger partial charge >= 0.3 is 0 Å². The summed E-state index contributed by atoms with van der Waals surface area (Å²) in [6.07, 6.45) is 3.23. The van der Waals surface area contributed by atoms with Crippen LogP contribution in [-0.2, 0) is 4.52 Å². The Balaban J connectivity index is 2.03. The highest BCUT2D eigenvalue weighted by Gasteiger charge is 1.94. The zero-order valence-electron chi connectivity index (χ0n) is 9.54. The molecule has 1 atom stereocenters. The van der Waals surface area contributed by atoms with Crippen molar-refractivity contribution in [2.24, 2.45) is 0 Å². The fourth-order valence-electron chi connectivity index (χ4n) is 1.39. The van der Waals surface area contributed by atoms with Crippen LogP contribution < -0.4 is 4.74 Å². The quantitative estimate of drug-likeness (QED) is 0.512. The molecule has 0 saturated carbocycles. The molecule has 0 saturated heterocycles. The summed E-state index contributed by atoms with van der Waals surface area (Å²) >= 11 is 5.42. The molecule has 0 aromatic heterocycles. The highest BCUT2D eigenvalue weighted by molar-refractivity contribution is 7.64. The number of hydrogen-bond donors (Lipinski definition) is 0. The summed E-state index contributed by atoms with van der Waals surface area (Å²) in [5, 5.41) is 0. The van der Waals surface area contributed by atoms with Gasteiger partial charge in [0.1, 0.15) is 13.9 Å². The number of unbranched alkanes of at least 4 members (excludes halogenated alkanes) is 2. The smallest absolute Gasteiger partial charge is 0.119 e. The van der Waals surface area contributed by atoms with Gasteiger partial charge in [-0.3, -0.25) is 0 Å². The molecule has 0 radical (unpaired) electrons.